The largest absolute Gasteiger partial charge is 0.478 e. The summed E-state index contributed by atoms with van der Waals surface area (Å²) in [5.74, 6) is -4.04. The second-order valence-electron chi connectivity index (χ2n) is 10.6. The molecule has 0 saturated carbocycles. The van der Waals surface area contributed by atoms with Crippen LogP contribution in [0.25, 0.3) is 0 Å². The number of amides is 3. The maximum Gasteiger partial charge on any atom is 0.352 e. The van der Waals surface area contributed by atoms with Gasteiger partial charge in [0.25, 0.3) is 11.8 Å². The number of carbonyl (C=O) groups is 5. The number of fused-ring (bicyclic) bond motifs is 2. The van der Waals surface area contributed by atoms with Crippen LogP contribution in [0, 0.1) is 0 Å². The normalized spacial score (nSPS) is 19.6. The lowest BCUT2D eigenvalue weighted by Gasteiger charge is -2.49. The van der Waals surface area contributed by atoms with Gasteiger partial charge >= 0.3 is 11.9 Å². The first kappa shape index (κ1) is 31.7. The van der Waals surface area contributed by atoms with Crippen molar-refractivity contribution in [1.29, 1.82) is 0 Å². The summed E-state index contributed by atoms with van der Waals surface area (Å²) >= 11 is 2.02. The molecule has 3 aliphatic rings. The van der Waals surface area contributed by atoms with Crippen LogP contribution in [-0.2, 0) is 41.9 Å². The van der Waals surface area contributed by atoms with E-state index in [2.05, 4.69) is 30.5 Å². The summed E-state index contributed by atoms with van der Waals surface area (Å²) < 4.78 is 7.59. The first-order chi connectivity index (χ1) is 21.3. The fraction of sp³-hybridized carbons (Fsp3) is 0.458. The number of nitrogens with zero attached hydrogens (tertiary/aromatic N) is 6. The summed E-state index contributed by atoms with van der Waals surface area (Å²) in [5, 5.41) is 30.9. The standard InChI is InChI=1S/C24H29N11O8S2/c1-24(2,22(41)42)43-31-13(16-30-23(26)45-32-16)18(37)29-14-19(38)35-15(21(39)40)10(9-44-20(14)35)7-33-8-11(28-12(36)6-25)17-27-4-3-5-34(17)33/h8,14,20H,3-7,9,25H2,1-2H3,(H6,26,28,29,30,32,36,37,39,40,41,42)/p+1/b31-13-/t14-,20-/m1/s1. The van der Waals surface area contributed by atoms with Crippen molar-refractivity contribution in [3.63, 3.8) is 0 Å². The van der Waals surface area contributed by atoms with Gasteiger partial charge in [-0.15, -0.1) is 21.1 Å². The van der Waals surface area contributed by atoms with E-state index in [1.54, 1.807) is 10.9 Å². The molecule has 3 amide bonds. The summed E-state index contributed by atoms with van der Waals surface area (Å²) in [4.78, 5) is 72.6. The molecular weight excluding hydrogens is 634 g/mol. The number of anilines is 3. The van der Waals surface area contributed by atoms with Gasteiger partial charge in [-0.05, 0) is 20.3 Å². The average molecular weight is 665 g/mol. The molecule has 5 rings (SSSR count). The van der Waals surface area contributed by atoms with Crippen molar-refractivity contribution in [2.75, 3.05) is 35.2 Å². The predicted molar refractivity (Wildman–Crippen MR) is 159 cm³/mol. The molecule has 19 nitrogen and oxygen atoms in total. The molecule has 0 aromatic carbocycles. The molecule has 0 radical (unpaired) electrons. The Morgan fingerprint density at radius 1 is 1.31 bits per heavy atom. The number of β-lactam (4-membered cyclic amide) rings is 1. The van der Waals surface area contributed by atoms with Gasteiger partial charge in [-0.3, -0.25) is 19.3 Å². The Morgan fingerprint density at radius 2 is 2.07 bits per heavy atom. The molecule has 45 heavy (non-hydrogen) atoms. The highest BCUT2D eigenvalue weighted by Gasteiger charge is 2.55. The molecule has 5 heterocycles. The molecule has 0 bridgehead atoms. The van der Waals surface area contributed by atoms with Gasteiger partial charge in [0.2, 0.25) is 29.2 Å². The zero-order valence-corrected chi connectivity index (χ0v) is 25.6. The van der Waals surface area contributed by atoms with Gasteiger partial charge in [0.1, 0.15) is 17.1 Å². The van der Waals surface area contributed by atoms with Crippen molar-refractivity contribution in [2.45, 2.75) is 50.4 Å². The lowest BCUT2D eigenvalue weighted by molar-refractivity contribution is -0.767. The van der Waals surface area contributed by atoms with Crippen LogP contribution in [0.15, 0.2) is 22.6 Å². The van der Waals surface area contributed by atoms with Gasteiger partial charge < -0.3 is 42.5 Å². The quantitative estimate of drug-likeness (QED) is 0.0589. The van der Waals surface area contributed by atoms with Gasteiger partial charge in [0, 0.05) is 29.4 Å². The van der Waals surface area contributed by atoms with Crippen molar-refractivity contribution in [1.82, 2.24) is 24.3 Å². The van der Waals surface area contributed by atoms with Crippen LogP contribution in [0.4, 0.5) is 16.6 Å². The molecule has 240 valence electrons. The number of oxime groups is 1. The minimum Gasteiger partial charge on any atom is -0.478 e. The van der Waals surface area contributed by atoms with Crippen LogP contribution in [-0.4, -0.2) is 100 Å². The summed E-state index contributed by atoms with van der Waals surface area (Å²) in [6.07, 6.45) is 2.48. The number of nitrogens with one attached hydrogen (secondary N) is 3. The van der Waals surface area contributed by atoms with Crippen LogP contribution in [0.3, 0.4) is 0 Å². The number of nitrogen functional groups attached to an aromatic ring is 1. The maximum absolute atomic E-state index is 13.3. The Labute approximate surface area is 262 Å². The maximum atomic E-state index is 13.3. The first-order valence-corrected chi connectivity index (χ1v) is 15.3. The number of carboxylic acids is 2. The van der Waals surface area contributed by atoms with Crippen molar-refractivity contribution < 1.29 is 43.7 Å². The zero-order chi connectivity index (χ0) is 32.6. The van der Waals surface area contributed by atoms with Crippen molar-refractivity contribution in [3.05, 3.63) is 23.3 Å². The minimum absolute atomic E-state index is 0.00674. The third-order valence-electron chi connectivity index (χ3n) is 7.04. The molecule has 2 atom stereocenters. The number of rotatable bonds is 11. The molecule has 2 aromatic heterocycles. The highest BCUT2D eigenvalue weighted by atomic mass is 32.2. The second-order valence-corrected chi connectivity index (χ2v) is 12.5. The number of carboxylic acid groups (broad SMARTS) is 2. The van der Waals surface area contributed by atoms with Crippen molar-refractivity contribution >= 4 is 75.3 Å². The molecule has 9 N–H and O–H groups in total. The van der Waals surface area contributed by atoms with E-state index in [4.69, 9.17) is 16.3 Å². The minimum atomic E-state index is -1.81. The molecule has 21 heteroatoms. The van der Waals surface area contributed by atoms with Gasteiger partial charge in [0.05, 0.1) is 13.1 Å². The number of aromatic nitrogens is 4. The molecule has 0 unspecified atom stereocenters. The molecule has 0 spiro atoms. The lowest BCUT2D eigenvalue weighted by atomic mass is 10.0. The number of aliphatic carboxylic acids is 2. The second kappa shape index (κ2) is 12.3. The van der Waals surface area contributed by atoms with Crippen LogP contribution >= 0.6 is 23.3 Å². The van der Waals surface area contributed by atoms with E-state index < -0.39 is 46.5 Å². The van der Waals surface area contributed by atoms with Gasteiger partial charge in [-0.25, -0.2) is 9.59 Å². The Balaban J connectivity index is 1.37. The number of nitrogens with two attached hydrogens (primary N) is 2. The predicted octanol–water partition coefficient (Wildman–Crippen LogP) is -2.06. The molecule has 2 aromatic rings. The number of carbonyl (C=O) groups excluding carboxylic acids is 3. The summed E-state index contributed by atoms with van der Waals surface area (Å²) in [6.45, 7) is 3.64. The Hall–Kier alpha value is -4.76. The van der Waals surface area contributed by atoms with Gasteiger partial charge in [-0.1, -0.05) is 5.16 Å². The molecule has 3 aliphatic heterocycles. The Morgan fingerprint density at radius 3 is 2.71 bits per heavy atom. The van der Waals surface area contributed by atoms with E-state index in [0.29, 0.717) is 30.2 Å². The third kappa shape index (κ3) is 6.13. The molecule has 1 fully saturated rings. The van der Waals surface area contributed by atoms with E-state index >= 15 is 0 Å². The van der Waals surface area contributed by atoms with Crippen LogP contribution in [0.5, 0.6) is 0 Å². The fourth-order valence-corrected chi connectivity index (χ4v) is 6.53. The zero-order valence-electron chi connectivity index (χ0n) is 24.0. The Bertz CT molecular complexity index is 1650. The Kier molecular flexibility index (Phi) is 8.67. The monoisotopic (exact) mass is 664 g/mol. The lowest BCUT2D eigenvalue weighted by Crippen LogP contribution is -2.71. The van der Waals surface area contributed by atoms with E-state index in [0.717, 1.165) is 22.9 Å². The fourth-order valence-electron chi connectivity index (χ4n) is 4.76. The molecule has 1 saturated heterocycles. The van der Waals surface area contributed by atoms with Gasteiger partial charge in [-0.2, -0.15) is 9.36 Å². The average Bonchev–Trinajstić information content (AvgIpc) is 3.58. The van der Waals surface area contributed by atoms with Crippen LogP contribution in [0.1, 0.15) is 26.1 Å². The molecular formula is C24H30N11O8S2+. The smallest absolute Gasteiger partial charge is 0.352 e. The summed E-state index contributed by atoms with van der Waals surface area (Å²) in [5.41, 5.74) is 9.51. The number of thioether (sulfide) groups is 1. The topological polar surface area (TPSA) is 273 Å². The van der Waals surface area contributed by atoms with Crippen molar-refractivity contribution in [2.24, 2.45) is 10.9 Å². The number of hydrogen-bond acceptors (Lipinski definition) is 14. The highest BCUT2D eigenvalue weighted by molar-refractivity contribution is 8.00. The van der Waals surface area contributed by atoms with Gasteiger partial charge in [0.15, 0.2) is 23.2 Å². The van der Waals surface area contributed by atoms with E-state index in [-0.39, 0.29) is 41.4 Å². The van der Waals surface area contributed by atoms with Crippen molar-refractivity contribution in [3.8, 4) is 0 Å². The summed E-state index contributed by atoms with van der Waals surface area (Å²) in [6, 6.07) is -1.14. The first-order valence-electron chi connectivity index (χ1n) is 13.5. The van der Waals surface area contributed by atoms with Crippen LogP contribution in [0.2, 0.25) is 0 Å². The highest BCUT2D eigenvalue weighted by Crippen LogP contribution is 2.40. The van der Waals surface area contributed by atoms with E-state index in [9.17, 15) is 34.2 Å². The van der Waals surface area contributed by atoms with E-state index in [1.165, 1.54) is 25.6 Å². The molecule has 0 aliphatic carbocycles. The third-order valence-corrected chi connectivity index (χ3v) is 8.92. The summed E-state index contributed by atoms with van der Waals surface area (Å²) in [7, 11) is 0. The van der Waals surface area contributed by atoms with E-state index in [1.807, 2.05) is 4.68 Å². The number of hydrogen-bond donors (Lipinski definition) is 7. The SMILES string of the molecule is CC(C)(O/N=C(\C(=O)N[C@@H]1C(=O)N2C(C(=O)O)=C(C[n+]3cc(NC(=O)CN)c4n3CCCN4)CS[C@H]12)c1nsc(N)n1)C(=O)O. The van der Waals surface area contributed by atoms with Crippen LogP contribution < -0.4 is 32.1 Å².